The number of fused-ring (bicyclic) bond motifs is 1. The highest BCUT2D eigenvalue weighted by atomic mass is 16.7. The first-order valence-corrected chi connectivity index (χ1v) is 7.36. The van der Waals surface area contributed by atoms with Crippen LogP contribution in [-0.2, 0) is 0 Å². The van der Waals surface area contributed by atoms with Crippen LogP contribution in [0.1, 0.15) is 46.5 Å². The minimum absolute atomic E-state index is 0.541. The predicted molar refractivity (Wildman–Crippen MR) is 76.8 cm³/mol. The van der Waals surface area contributed by atoms with Gasteiger partial charge in [0.25, 0.3) is 0 Å². The van der Waals surface area contributed by atoms with Gasteiger partial charge in [-0.1, -0.05) is 19.8 Å². The number of hydrogen-bond acceptors (Lipinski definition) is 3. The average molecular weight is 261 g/mol. The summed E-state index contributed by atoms with van der Waals surface area (Å²) in [7, 11) is 0. The molecule has 1 N–H and O–H groups in total. The van der Waals surface area contributed by atoms with E-state index in [2.05, 4.69) is 24.4 Å². The van der Waals surface area contributed by atoms with E-state index in [0.717, 1.165) is 23.1 Å². The number of anilines is 1. The Morgan fingerprint density at radius 3 is 2.79 bits per heavy atom. The lowest BCUT2D eigenvalue weighted by molar-refractivity contribution is -0.0431. The molecule has 0 saturated heterocycles. The van der Waals surface area contributed by atoms with Crippen molar-refractivity contribution in [2.24, 2.45) is 5.92 Å². The summed E-state index contributed by atoms with van der Waals surface area (Å²) >= 11 is 0. The van der Waals surface area contributed by atoms with Crippen LogP contribution >= 0.6 is 0 Å². The average Bonchev–Trinajstić information content (AvgIpc) is 2.90. The zero-order valence-electron chi connectivity index (χ0n) is 12.0. The van der Waals surface area contributed by atoms with Crippen LogP contribution in [-0.4, -0.2) is 11.8 Å². The zero-order valence-corrected chi connectivity index (χ0v) is 12.0. The van der Waals surface area contributed by atoms with E-state index < -0.39 is 5.79 Å². The molecular formula is C16H23NO2. The molecule has 3 nitrogen and oxygen atoms in total. The number of benzene rings is 1. The van der Waals surface area contributed by atoms with Crippen LogP contribution < -0.4 is 14.8 Å². The second-order valence-electron chi connectivity index (χ2n) is 6.12. The Morgan fingerprint density at radius 1 is 1.21 bits per heavy atom. The van der Waals surface area contributed by atoms with Gasteiger partial charge in [-0.25, -0.2) is 0 Å². The van der Waals surface area contributed by atoms with Crippen molar-refractivity contribution in [3.8, 4) is 11.5 Å². The normalized spacial score (nSPS) is 27.5. The van der Waals surface area contributed by atoms with Gasteiger partial charge in [-0.3, -0.25) is 0 Å². The molecule has 0 aromatic heterocycles. The number of ether oxygens (including phenoxy) is 2. The summed E-state index contributed by atoms with van der Waals surface area (Å²) in [5.74, 6) is 1.96. The highest BCUT2D eigenvalue weighted by molar-refractivity contribution is 5.56. The third-order valence-electron chi connectivity index (χ3n) is 4.19. The van der Waals surface area contributed by atoms with Crippen LogP contribution in [0.5, 0.6) is 11.5 Å². The van der Waals surface area contributed by atoms with Gasteiger partial charge in [-0.2, -0.15) is 0 Å². The summed E-state index contributed by atoms with van der Waals surface area (Å²) in [6, 6.07) is 6.77. The standard InChI is InChI=1S/C16H23NO2/c1-4-11-6-5-7-13(11)17-12-8-9-14-15(10-12)19-16(2,3)18-14/h8-11,13,17H,4-7H2,1-3H3. The predicted octanol–water partition coefficient (Wildman–Crippen LogP) is 4.18. The highest BCUT2D eigenvalue weighted by Crippen LogP contribution is 2.41. The molecule has 1 aromatic rings. The molecule has 0 amide bonds. The summed E-state index contributed by atoms with van der Waals surface area (Å²) in [5.41, 5.74) is 1.14. The number of rotatable bonds is 3. The molecule has 2 aliphatic rings. The Morgan fingerprint density at radius 2 is 2.00 bits per heavy atom. The SMILES string of the molecule is CCC1CCCC1Nc1ccc2c(c1)OC(C)(C)O2. The van der Waals surface area contributed by atoms with Crippen molar-refractivity contribution in [2.75, 3.05) is 5.32 Å². The second kappa shape index (κ2) is 4.62. The molecule has 2 atom stereocenters. The summed E-state index contributed by atoms with van der Waals surface area (Å²) in [6.07, 6.45) is 5.23. The lowest BCUT2D eigenvalue weighted by Crippen LogP contribution is -2.29. The van der Waals surface area contributed by atoms with Crippen molar-refractivity contribution in [3.63, 3.8) is 0 Å². The molecule has 3 heteroatoms. The van der Waals surface area contributed by atoms with Gasteiger partial charge in [-0.15, -0.1) is 0 Å². The van der Waals surface area contributed by atoms with Crippen LogP contribution in [0, 0.1) is 5.92 Å². The quantitative estimate of drug-likeness (QED) is 0.885. The minimum atomic E-state index is -0.541. The molecule has 19 heavy (non-hydrogen) atoms. The molecule has 3 rings (SSSR count). The first kappa shape index (κ1) is 12.6. The van der Waals surface area contributed by atoms with Gasteiger partial charge in [0.05, 0.1) is 0 Å². The van der Waals surface area contributed by atoms with E-state index in [-0.39, 0.29) is 0 Å². The van der Waals surface area contributed by atoms with Crippen molar-refractivity contribution in [2.45, 2.75) is 58.3 Å². The van der Waals surface area contributed by atoms with Crippen LogP contribution in [0.25, 0.3) is 0 Å². The van der Waals surface area contributed by atoms with E-state index in [1.54, 1.807) is 0 Å². The molecular weight excluding hydrogens is 238 g/mol. The summed E-state index contributed by atoms with van der Waals surface area (Å²) in [5, 5.41) is 3.66. The van der Waals surface area contributed by atoms with E-state index in [4.69, 9.17) is 9.47 Å². The first-order chi connectivity index (χ1) is 9.07. The molecule has 104 valence electrons. The third-order valence-corrected chi connectivity index (χ3v) is 4.19. The second-order valence-corrected chi connectivity index (χ2v) is 6.12. The molecule has 0 radical (unpaired) electrons. The van der Waals surface area contributed by atoms with Gasteiger partial charge in [0.15, 0.2) is 11.5 Å². The van der Waals surface area contributed by atoms with Gasteiger partial charge >= 0.3 is 0 Å². The maximum absolute atomic E-state index is 5.79. The monoisotopic (exact) mass is 261 g/mol. The van der Waals surface area contributed by atoms with E-state index in [0.29, 0.717) is 6.04 Å². The van der Waals surface area contributed by atoms with Crippen LogP contribution in [0.15, 0.2) is 18.2 Å². The molecule has 1 saturated carbocycles. The van der Waals surface area contributed by atoms with Crippen molar-refractivity contribution in [1.29, 1.82) is 0 Å². The lowest BCUT2D eigenvalue weighted by atomic mass is 10.0. The van der Waals surface area contributed by atoms with Gasteiger partial charge < -0.3 is 14.8 Å². The maximum atomic E-state index is 5.79. The van der Waals surface area contributed by atoms with Crippen molar-refractivity contribution in [3.05, 3.63) is 18.2 Å². The van der Waals surface area contributed by atoms with E-state index in [1.807, 2.05) is 19.9 Å². The van der Waals surface area contributed by atoms with E-state index >= 15 is 0 Å². The third kappa shape index (κ3) is 2.51. The van der Waals surface area contributed by atoms with Crippen LogP contribution in [0.2, 0.25) is 0 Å². The van der Waals surface area contributed by atoms with Gasteiger partial charge in [-0.05, 0) is 30.9 Å². The Balaban J connectivity index is 1.74. The van der Waals surface area contributed by atoms with Gasteiger partial charge in [0, 0.05) is 31.6 Å². The minimum Gasteiger partial charge on any atom is -0.449 e. The fourth-order valence-electron chi connectivity index (χ4n) is 3.24. The molecule has 2 unspecified atom stereocenters. The number of hydrogen-bond donors (Lipinski definition) is 1. The summed E-state index contributed by atoms with van der Waals surface area (Å²) in [4.78, 5) is 0. The fourth-order valence-corrected chi connectivity index (χ4v) is 3.24. The van der Waals surface area contributed by atoms with Crippen molar-refractivity contribution in [1.82, 2.24) is 0 Å². The largest absolute Gasteiger partial charge is 0.449 e. The molecule has 1 fully saturated rings. The van der Waals surface area contributed by atoms with Crippen molar-refractivity contribution < 1.29 is 9.47 Å². The Kier molecular flexibility index (Phi) is 3.08. The zero-order chi connectivity index (χ0) is 13.5. The summed E-state index contributed by atoms with van der Waals surface area (Å²) in [6.45, 7) is 6.15. The molecule has 1 aliphatic heterocycles. The first-order valence-electron chi connectivity index (χ1n) is 7.36. The maximum Gasteiger partial charge on any atom is 0.246 e. The molecule has 1 heterocycles. The van der Waals surface area contributed by atoms with Crippen LogP contribution in [0.4, 0.5) is 5.69 Å². The molecule has 0 bridgehead atoms. The Bertz CT molecular complexity index is 470. The number of nitrogens with one attached hydrogen (secondary N) is 1. The fraction of sp³-hybridized carbons (Fsp3) is 0.625. The smallest absolute Gasteiger partial charge is 0.246 e. The van der Waals surface area contributed by atoms with Crippen LogP contribution in [0.3, 0.4) is 0 Å². The molecule has 1 aromatic carbocycles. The lowest BCUT2D eigenvalue weighted by Gasteiger charge is -2.21. The summed E-state index contributed by atoms with van der Waals surface area (Å²) < 4.78 is 11.5. The highest BCUT2D eigenvalue weighted by Gasteiger charge is 2.32. The molecule has 1 aliphatic carbocycles. The van der Waals surface area contributed by atoms with Crippen molar-refractivity contribution >= 4 is 5.69 Å². The van der Waals surface area contributed by atoms with E-state index in [1.165, 1.54) is 25.7 Å². The molecule has 0 spiro atoms. The van der Waals surface area contributed by atoms with Gasteiger partial charge in [0.1, 0.15) is 0 Å². The Labute approximate surface area is 115 Å². The van der Waals surface area contributed by atoms with E-state index in [9.17, 15) is 0 Å². The van der Waals surface area contributed by atoms with Gasteiger partial charge in [0.2, 0.25) is 5.79 Å². The Hall–Kier alpha value is -1.38. The topological polar surface area (TPSA) is 30.5 Å².